The van der Waals surface area contributed by atoms with Crippen molar-refractivity contribution >= 4 is 12.0 Å². The molecule has 0 aliphatic carbocycles. The summed E-state index contributed by atoms with van der Waals surface area (Å²) in [6.45, 7) is 4.65. The molecule has 19 heavy (non-hydrogen) atoms. The number of nitrogens with zero attached hydrogens (tertiary/aromatic N) is 1. The summed E-state index contributed by atoms with van der Waals surface area (Å²) in [5.41, 5.74) is 0. The lowest BCUT2D eigenvalue weighted by atomic mass is 10.2. The molecule has 6 heteroatoms. The summed E-state index contributed by atoms with van der Waals surface area (Å²) in [4.78, 5) is 24.7. The number of likely N-dealkylation sites (tertiary alicyclic amines) is 1. The van der Waals surface area contributed by atoms with E-state index in [0.29, 0.717) is 6.54 Å². The molecule has 3 N–H and O–H groups in total. The Morgan fingerprint density at radius 3 is 2.58 bits per heavy atom. The first-order valence-electron chi connectivity index (χ1n) is 6.49. The van der Waals surface area contributed by atoms with E-state index < -0.39 is 18.0 Å². The average Bonchev–Trinajstić information content (AvgIpc) is 2.89. The number of nitrogens with one attached hydrogen (secondary N) is 2. The lowest BCUT2D eigenvalue weighted by Gasteiger charge is -2.24. The van der Waals surface area contributed by atoms with Crippen LogP contribution in [0, 0.1) is 12.3 Å². The number of hydrogen-bond acceptors (Lipinski definition) is 3. The Hall–Kier alpha value is -1.74. The smallest absolute Gasteiger partial charge is 0.327 e. The molecule has 0 aromatic rings. The minimum atomic E-state index is -1.12. The molecule has 106 valence electrons. The molecule has 0 saturated carbocycles. The second-order valence-electron chi connectivity index (χ2n) is 4.75. The van der Waals surface area contributed by atoms with E-state index in [4.69, 9.17) is 11.5 Å². The molecule has 0 radical (unpaired) electrons. The van der Waals surface area contributed by atoms with E-state index in [9.17, 15) is 9.59 Å². The molecule has 1 rings (SSSR count). The van der Waals surface area contributed by atoms with Gasteiger partial charge in [-0.1, -0.05) is 0 Å². The largest absolute Gasteiger partial charge is 0.480 e. The van der Waals surface area contributed by atoms with Crippen molar-refractivity contribution in [2.24, 2.45) is 0 Å². The van der Waals surface area contributed by atoms with E-state index in [1.807, 2.05) is 6.92 Å². The van der Waals surface area contributed by atoms with Crippen LogP contribution in [-0.2, 0) is 4.79 Å². The van der Waals surface area contributed by atoms with Crippen molar-refractivity contribution in [2.45, 2.75) is 38.3 Å². The molecule has 1 saturated heterocycles. The zero-order chi connectivity index (χ0) is 14.3. The number of amides is 2. The third-order valence-electron chi connectivity index (χ3n) is 3.25. The maximum absolute atomic E-state index is 11.6. The summed E-state index contributed by atoms with van der Waals surface area (Å²) in [6.07, 6.45) is 7.42. The molecule has 0 aromatic heterocycles. The summed E-state index contributed by atoms with van der Waals surface area (Å²) >= 11 is 0. The third-order valence-corrected chi connectivity index (χ3v) is 3.25. The van der Waals surface area contributed by atoms with Crippen LogP contribution in [0.15, 0.2) is 0 Å². The minimum Gasteiger partial charge on any atom is -0.480 e. The Bertz CT molecular complexity index is 359. The van der Waals surface area contributed by atoms with Gasteiger partial charge in [0.2, 0.25) is 0 Å². The molecule has 1 aliphatic heterocycles. The predicted molar refractivity (Wildman–Crippen MR) is 71.7 cm³/mol. The number of carbonyl (C=O) groups is 2. The molecule has 2 unspecified atom stereocenters. The number of urea groups is 1. The van der Waals surface area contributed by atoms with Gasteiger partial charge in [0.25, 0.3) is 0 Å². The van der Waals surface area contributed by atoms with Gasteiger partial charge in [0, 0.05) is 19.0 Å². The predicted octanol–water partition coefficient (Wildman–Crippen LogP) is 0.246. The fourth-order valence-corrected chi connectivity index (χ4v) is 2.08. The van der Waals surface area contributed by atoms with Crippen LogP contribution in [0.5, 0.6) is 0 Å². The number of rotatable bonds is 6. The van der Waals surface area contributed by atoms with E-state index in [1.54, 1.807) is 0 Å². The van der Waals surface area contributed by atoms with E-state index in [0.717, 1.165) is 13.1 Å². The van der Waals surface area contributed by atoms with Gasteiger partial charge in [-0.15, -0.1) is 12.3 Å². The summed E-state index contributed by atoms with van der Waals surface area (Å²) in [6, 6.07) is -1.27. The van der Waals surface area contributed by atoms with Gasteiger partial charge in [0.05, 0.1) is 0 Å². The highest BCUT2D eigenvalue weighted by atomic mass is 16.4. The van der Waals surface area contributed by atoms with Crippen LogP contribution < -0.4 is 10.6 Å². The van der Waals surface area contributed by atoms with Gasteiger partial charge in [-0.2, -0.15) is 0 Å². The quantitative estimate of drug-likeness (QED) is 0.602. The lowest BCUT2D eigenvalue weighted by Crippen LogP contribution is -2.49. The van der Waals surface area contributed by atoms with Crippen molar-refractivity contribution in [3.05, 3.63) is 0 Å². The van der Waals surface area contributed by atoms with Crippen LogP contribution in [0.2, 0.25) is 0 Å². The fraction of sp³-hybridized carbons (Fsp3) is 0.692. The minimum absolute atomic E-state index is 0.0234. The lowest BCUT2D eigenvalue weighted by molar-refractivity contribution is -0.139. The second kappa shape index (κ2) is 7.64. The van der Waals surface area contributed by atoms with E-state index in [-0.39, 0.29) is 12.5 Å². The first-order chi connectivity index (χ1) is 9.04. The van der Waals surface area contributed by atoms with Crippen molar-refractivity contribution in [1.29, 1.82) is 0 Å². The highest BCUT2D eigenvalue weighted by molar-refractivity contribution is 5.82. The first kappa shape index (κ1) is 15.3. The second-order valence-corrected chi connectivity index (χ2v) is 4.75. The van der Waals surface area contributed by atoms with Crippen LogP contribution in [0.25, 0.3) is 0 Å². The maximum atomic E-state index is 11.6. The van der Waals surface area contributed by atoms with Crippen molar-refractivity contribution in [3.8, 4) is 12.3 Å². The number of carboxylic acid groups (broad SMARTS) is 1. The van der Waals surface area contributed by atoms with Crippen LogP contribution in [0.1, 0.15) is 26.2 Å². The Labute approximate surface area is 113 Å². The van der Waals surface area contributed by atoms with Crippen molar-refractivity contribution in [3.63, 3.8) is 0 Å². The molecule has 0 aromatic carbocycles. The number of carbonyl (C=O) groups excluding carboxylic acids is 1. The van der Waals surface area contributed by atoms with Gasteiger partial charge in [0.1, 0.15) is 6.04 Å². The Morgan fingerprint density at radius 1 is 1.42 bits per heavy atom. The number of aliphatic carboxylic acids is 1. The number of terminal acetylenes is 1. The summed E-state index contributed by atoms with van der Waals surface area (Å²) < 4.78 is 0. The fourth-order valence-electron chi connectivity index (χ4n) is 2.08. The Kier molecular flexibility index (Phi) is 6.16. The molecule has 1 fully saturated rings. The first-order valence-corrected chi connectivity index (χ1v) is 6.49. The molecule has 1 aliphatic rings. The zero-order valence-electron chi connectivity index (χ0n) is 11.2. The highest BCUT2D eigenvalue weighted by Crippen LogP contribution is 2.10. The van der Waals surface area contributed by atoms with Crippen LogP contribution in [0.4, 0.5) is 4.79 Å². The number of carboxylic acids is 1. The van der Waals surface area contributed by atoms with E-state index >= 15 is 0 Å². The molecule has 2 atom stereocenters. The molecular weight excluding hydrogens is 246 g/mol. The molecule has 0 bridgehead atoms. The summed E-state index contributed by atoms with van der Waals surface area (Å²) in [5.74, 6) is 1.11. The van der Waals surface area contributed by atoms with E-state index in [2.05, 4.69) is 21.5 Å². The van der Waals surface area contributed by atoms with Gasteiger partial charge in [-0.3, -0.25) is 4.90 Å². The normalized spacial score (nSPS) is 18.3. The highest BCUT2D eigenvalue weighted by Gasteiger charge is 2.21. The monoisotopic (exact) mass is 267 g/mol. The topological polar surface area (TPSA) is 81.7 Å². The molecule has 1 heterocycles. The maximum Gasteiger partial charge on any atom is 0.327 e. The summed E-state index contributed by atoms with van der Waals surface area (Å²) in [5, 5.41) is 13.9. The van der Waals surface area contributed by atoms with Crippen LogP contribution >= 0.6 is 0 Å². The van der Waals surface area contributed by atoms with Gasteiger partial charge < -0.3 is 15.7 Å². The van der Waals surface area contributed by atoms with Crippen LogP contribution in [-0.4, -0.2) is 53.7 Å². The zero-order valence-corrected chi connectivity index (χ0v) is 11.2. The van der Waals surface area contributed by atoms with Gasteiger partial charge in [0.15, 0.2) is 0 Å². The molecule has 0 spiro atoms. The molecule has 2 amide bonds. The number of hydrogen-bond donors (Lipinski definition) is 3. The van der Waals surface area contributed by atoms with Crippen LogP contribution in [0.3, 0.4) is 0 Å². The van der Waals surface area contributed by atoms with Gasteiger partial charge in [-0.25, -0.2) is 9.59 Å². The Balaban J connectivity index is 2.30. The van der Waals surface area contributed by atoms with Gasteiger partial charge >= 0.3 is 12.0 Å². The van der Waals surface area contributed by atoms with E-state index in [1.165, 1.54) is 12.8 Å². The Morgan fingerprint density at radius 2 is 2.05 bits per heavy atom. The van der Waals surface area contributed by atoms with Crippen molar-refractivity contribution in [2.75, 3.05) is 19.6 Å². The third kappa shape index (κ3) is 5.18. The van der Waals surface area contributed by atoms with Crippen molar-refractivity contribution in [1.82, 2.24) is 15.5 Å². The molecule has 6 nitrogen and oxygen atoms in total. The van der Waals surface area contributed by atoms with Gasteiger partial charge in [-0.05, 0) is 32.9 Å². The summed E-state index contributed by atoms with van der Waals surface area (Å²) in [7, 11) is 0. The standard InChI is InChI=1S/C13H21N3O3/c1-3-6-11(12(17)18)15-13(19)14-9-10(2)16-7-4-5-8-16/h1,10-11H,4-9H2,2H3,(H,17,18)(H2,14,15,19). The average molecular weight is 267 g/mol. The SMILES string of the molecule is C#CCC(NC(=O)NCC(C)N1CCCC1)C(=O)O. The molecular formula is C13H21N3O3. The van der Waals surface area contributed by atoms with Crippen molar-refractivity contribution < 1.29 is 14.7 Å².